The Bertz CT molecular complexity index is 959. The Morgan fingerprint density at radius 2 is 1.93 bits per heavy atom. The number of nitro groups is 1. The molecular formula is C20H21ClN4O4. The number of benzene rings is 2. The normalized spacial score (nSPS) is 12.0. The molecule has 0 aliphatic heterocycles. The fourth-order valence-corrected chi connectivity index (χ4v) is 2.72. The van der Waals surface area contributed by atoms with Gasteiger partial charge in [-0.15, -0.1) is 0 Å². The van der Waals surface area contributed by atoms with Crippen molar-refractivity contribution >= 4 is 35.3 Å². The molecule has 1 atom stereocenters. The highest BCUT2D eigenvalue weighted by Gasteiger charge is 2.24. The molecule has 0 bridgehead atoms. The first kappa shape index (κ1) is 22.0. The van der Waals surface area contributed by atoms with Crippen molar-refractivity contribution in [2.24, 2.45) is 11.0 Å². The second-order valence-electron chi connectivity index (χ2n) is 6.74. The number of carbonyl (C=O) groups is 2. The summed E-state index contributed by atoms with van der Waals surface area (Å²) in [6.07, 6.45) is 1.31. The third-order valence-corrected chi connectivity index (χ3v) is 4.38. The summed E-state index contributed by atoms with van der Waals surface area (Å²) in [5.74, 6) is -1.14. The van der Waals surface area contributed by atoms with Gasteiger partial charge in [-0.25, -0.2) is 5.43 Å². The molecule has 0 heterocycles. The van der Waals surface area contributed by atoms with Crippen LogP contribution in [0, 0.1) is 23.0 Å². The molecule has 0 aromatic heterocycles. The number of halogens is 1. The van der Waals surface area contributed by atoms with E-state index in [0.29, 0.717) is 21.7 Å². The maximum atomic E-state index is 12.5. The van der Waals surface area contributed by atoms with E-state index >= 15 is 0 Å². The van der Waals surface area contributed by atoms with E-state index in [1.54, 1.807) is 51.1 Å². The van der Waals surface area contributed by atoms with Gasteiger partial charge in [0.1, 0.15) is 6.04 Å². The van der Waals surface area contributed by atoms with E-state index in [1.165, 1.54) is 18.3 Å². The Morgan fingerprint density at radius 3 is 2.55 bits per heavy atom. The molecule has 152 valence electrons. The SMILES string of the molecule is Cc1ccc(/C=N\NC(=O)C(NC(=O)c2cccc(Cl)c2)C(C)C)cc1[N+](=O)[O-]. The number of rotatable bonds is 7. The molecule has 8 nitrogen and oxygen atoms in total. The highest BCUT2D eigenvalue weighted by molar-refractivity contribution is 6.31. The van der Waals surface area contributed by atoms with Crippen molar-refractivity contribution in [1.82, 2.24) is 10.7 Å². The van der Waals surface area contributed by atoms with Crippen molar-refractivity contribution in [3.63, 3.8) is 0 Å². The molecule has 2 aromatic rings. The van der Waals surface area contributed by atoms with Gasteiger partial charge in [-0.1, -0.05) is 43.6 Å². The molecule has 0 radical (unpaired) electrons. The van der Waals surface area contributed by atoms with E-state index < -0.39 is 22.8 Å². The highest BCUT2D eigenvalue weighted by atomic mass is 35.5. The second-order valence-corrected chi connectivity index (χ2v) is 7.18. The van der Waals surface area contributed by atoms with E-state index in [1.807, 2.05) is 0 Å². The minimum atomic E-state index is -0.828. The molecule has 0 saturated heterocycles. The smallest absolute Gasteiger partial charge is 0.272 e. The standard InChI is InChI=1S/C20H21ClN4O4/c1-12(2)18(23-19(26)15-5-4-6-16(21)10-15)20(27)24-22-11-14-8-7-13(3)17(9-14)25(28)29/h4-12,18H,1-3H3,(H,23,26)(H,24,27)/b22-11-. The van der Waals surface area contributed by atoms with Crippen molar-refractivity contribution in [3.05, 3.63) is 74.3 Å². The van der Waals surface area contributed by atoms with E-state index in [-0.39, 0.29) is 11.6 Å². The molecule has 0 saturated carbocycles. The van der Waals surface area contributed by atoms with Crippen LogP contribution in [0.15, 0.2) is 47.6 Å². The van der Waals surface area contributed by atoms with Gasteiger partial charge in [0.05, 0.1) is 11.1 Å². The fourth-order valence-electron chi connectivity index (χ4n) is 2.53. The van der Waals surface area contributed by atoms with E-state index in [0.717, 1.165) is 0 Å². The quantitative estimate of drug-likeness (QED) is 0.408. The minimum Gasteiger partial charge on any atom is -0.340 e. The second kappa shape index (κ2) is 9.79. The van der Waals surface area contributed by atoms with Gasteiger partial charge in [0, 0.05) is 27.8 Å². The van der Waals surface area contributed by atoms with Gasteiger partial charge < -0.3 is 5.32 Å². The molecule has 1 unspecified atom stereocenters. The van der Waals surface area contributed by atoms with Gasteiger partial charge >= 0.3 is 0 Å². The van der Waals surface area contributed by atoms with Crippen LogP contribution in [0.2, 0.25) is 5.02 Å². The van der Waals surface area contributed by atoms with Gasteiger partial charge in [-0.2, -0.15) is 5.10 Å². The maximum Gasteiger partial charge on any atom is 0.272 e. The predicted octanol–water partition coefficient (Wildman–Crippen LogP) is 3.46. The number of hydrogen-bond donors (Lipinski definition) is 2. The van der Waals surface area contributed by atoms with E-state index in [2.05, 4.69) is 15.8 Å². The first-order valence-corrected chi connectivity index (χ1v) is 9.21. The van der Waals surface area contributed by atoms with Crippen molar-refractivity contribution in [3.8, 4) is 0 Å². The number of carbonyl (C=O) groups excluding carboxylic acids is 2. The number of nitrogens with zero attached hydrogens (tertiary/aromatic N) is 2. The van der Waals surface area contributed by atoms with Crippen molar-refractivity contribution in [2.45, 2.75) is 26.8 Å². The third-order valence-electron chi connectivity index (χ3n) is 4.14. The molecular weight excluding hydrogens is 396 g/mol. The van der Waals surface area contributed by atoms with Crippen LogP contribution in [0.3, 0.4) is 0 Å². The zero-order chi connectivity index (χ0) is 21.6. The molecule has 29 heavy (non-hydrogen) atoms. The Morgan fingerprint density at radius 1 is 1.21 bits per heavy atom. The lowest BCUT2D eigenvalue weighted by molar-refractivity contribution is -0.385. The summed E-state index contributed by atoms with van der Waals surface area (Å²) in [5.41, 5.74) is 3.66. The lowest BCUT2D eigenvalue weighted by atomic mass is 10.0. The Balaban J connectivity index is 2.06. The molecule has 9 heteroatoms. The lowest BCUT2D eigenvalue weighted by Gasteiger charge is -2.20. The molecule has 2 amide bonds. The summed E-state index contributed by atoms with van der Waals surface area (Å²) >= 11 is 5.90. The molecule has 0 spiro atoms. The summed E-state index contributed by atoms with van der Waals surface area (Å²) in [7, 11) is 0. The topological polar surface area (TPSA) is 114 Å². The van der Waals surface area contributed by atoms with Gasteiger partial charge in [-0.3, -0.25) is 19.7 Å². The summed E-state index contributed by atoms with van der Waals surface area (Å²) in [6, 6.07) is 10.2. The number of aryl methyl sites for hydroxylation is 1. The summed E-state index contributed by atoms with van der Waals surface area (Å²) in [4.78, 5) is 35.4. The van der Waals surface area contributed by atoms with E-state index in [4.69, 9.17) is 11.6 Å². The van der Waals surface area contributed by atoms with Crippen molar-refractivity contribution in [2.75, 3.05) is 0 Å². The fraction of sp³-hybridized carbons (Fsp3) is 0.250. The molecule has 0 aliphatic rings. The van der Waals surface area contributed by atoms with Crippen LogP contribution in [0.1, 0.15) is 35.3 Å². The van der Waals surface area contributed by atoms with Gasteiger partial charge in [0.15, 0.2) is 0 Å². The largest absolute Gasteiger partial charge is 0.340 e. The summed E-state index contributed by atoms with van der Waals surface area (Å²) in [6.45, 7) is 5.21. The van der Waals surface area contributed by atoms with Crippen LogP contribution >= 0.6 is 11.6 Å². The molecule has 0 fully saturated rings. The number of nitro benzene ring substituents is 1. The Labute approximate surface area is 173 Å². The van der Waals surface area contributed by atoms with Crippen LogP contribution in [0.5, 0.6) is 0 Å². The zero-order valence-electron chi connectivity index (χ0n) is 16.2. The van der Waals surface area contributed by atoms with Crippen molar-refractivity contribution in [1.29, 1.82) is 0 Å². The van der Waals surface area contributed by atoms with Crippen LogP contribution in [-0.2, 0) is 4.79 Å². The van der Waals surface area contributed by atoms with Gasteiger partial charge in [-0.05, 0) is 31.0 Å². The molecule has 0 aliphatic carbocycles. The number of nitrogens with one attached hydrogen (secondary N) is 2. The van der Waals surface area contributed by atoms with Crippen molar-refractivity contribution < 1.29 is 14.5 Å². The summed E-state index contributed by atoms with van der Waals surface area (Å²) in [5, 5.41) is 17.9. The molecule has 2 N–H and O–H groups in total. The van der Waals surface area contributed by atoms with Crippen LogP contribution in [0.4, 0.5) is 5.69 Å². The molecule has 2 aromatic carbocycles. The van der Waals surface area contributed by atoms with E-state index in [9.17, 15) is 19.7 Å². The van der Waals surface area contributed by atoms with Crippen LogP contribution < -0.4 is 10.7 Å². The first-order chi connectivity index (χ1) is 13.7. The highest BCUT2D eigenvalue weighted by Crippen LogP contribution is 2.18. The molecule has 2 rings (SSSR count). The lowest BCUT2D eigenvalue weighted by Crippen LogP contribution is -2.48. The maximum absolute atomic E-state index is 12.5. The monoisotopic (exact) mass is 416 g/mol. The zero-order valence-corrected chi connectivity index (χ0v) is 16.9. The average Bonchev–Trinajstić information content (AvgIpc) is 2.66. The number of amides is 2. The van der Waals surface area contributed by atoms with Crippen LogP contribution in [0.25, 0.3) is 0 Å². The third kappa shape index (κ3) is 6.11. The van der Waals surface area contributed by atoms with Gasteiger partial charge in [0.25, 0.3) is 17.5 Å². The number of hydrogen-bond acceptors (Lipinski definition) is 5. The predicted molar refractivity (Wildman–Crippen MR) is 111 cm³/mol. The minimum absolute atomic E-state index is 0.0332. The first-order valence-electron chi connectivity index (χ1n) is 8.83. The van der Waals surface area contributed by atoms with Gasteiger partial charge in [0.2, 0.25) is 0 Å². The average molecular weight is 417 g/mol. The Kier molecular flexibility index (Phi) is 7.44. The van der Waals surface area contributed by atoms with Crippen LogP contribution in [-0.4, -0.2) is 29.0 Å². The number of hydrazone groups is 1. The summed E-state index contributed by atoms with van der Waals surface area (Å²) < 4.78 is 0. The Hall–Kier alpha value is -3.26.